The molecule has 2 aliphatic heterocycles. The van der Waals surface area contributed by atoms with E-state index in [0.29, 0.717) is 6.17 Å². The molecule has 2 heterocycles. The monoisotopic (exact) mass is 354 g/mol. The molecule has 0 spiro atoms. The third kappa shape index (κ3) is 7.49. The highest BCUT2D eigenvalue weighted by Crippen LogP contribution is 2.10. The van der Waals surface area contributed by atoms with Crippen LogP contribution in [0.5, 0.6) is 0 Å². The fraction of sp³-hybridized carbons (Fsp3) is 1.00. The standard InChI is InChI=1S/C19H42N6/c1-5-22(6-2)9-7-10-24-11-8-20-19(18-24)25-16-14-23(15-17-25)13-12-21(3)4/h19-20H,5-18H2,1-4H3. The van der Waals surface area contributed by atoms with Crippen LogP contribution in [0.1, 0.15) is 20.3 Å². The van der Waals surface area contributed by atoms with E-state index in [4.69, 9.17) is 0 Å². The summed E-state index contributed by atoms with van der Waals surface area (Å²) in [5.41, 5.74) is 0. The summed E-state index contributed by atoms with van der Waals surface area (Å²) in [5, 5.41) is 3.75. The lowest BCUT2D eigenvalue weighted by Crippen LogP contribution is -2.62. The van der Waals surface area contributed by atoms with Crippen LogP contribution in [0.25, 0.3) is 0 Å². The number of hydrogen-bond acceptors (Lipinski definition) is 6. The van der Waals surface area contributed by atoms with Crippen molar-refractivity contribution in [2.45, 2.75) is 26.4 Å². The Labute approximate surface area is 156 Å². The van der Waals surface area contributed by atoms with E-state index < -0.39 is 0 Å². The number of likely N-dealkylation sites (N-methyl/N-ethyl adjacent to an activating group) is 1. The highest BCUT2D eigenvalue weighted by Gasteiger charge is 2.27. The van der Waals surface area contributed by atoms with Gasteiger partial charge in [-0.05, 0) is 46.7 Å². The predicted molar refractivity (Wildman–Crippen MR) is 107 cm³/mol. The van der Waals surface area contributed by atoms with Crippen LogP contribution in [-0.2, 0) is 0 Å². The Kier molecular flexibility index (Phi) is 9.66. The average molecular weight is 355 g/mol. The van der Waals surface area contributed by atoms with Gasteiger partial charge in [0.15, 0.2) is 0 Å². The Morgan fingerprint density at radius 2 is 1.60 bits per heavy atom. The minimum Gasteiger partial charge on any atom is -0.308 e. The first-order valence-electron chi connectivity index (χ1n) is 10.4. The summed E-state index contributed by atoms with van der Waals surface area (Å²) in [4.78, 5) is 12.8. The molecule has 0 aromatic rings. The van der Waals surface area contributed by atoms with Crippen LogP contribution in [0.2, 0.25) is 0 Å². The van der Waals surface area contributed by atoms with Gasteiger partial charge in [-0.3, -0.25) is 20.0 Å². The van der Waals surface area contributed by atoms with Gasteiger partial charge in [-0.25, -0.2) is 0 Å². The number of nitrogens with one attached hydrogen (secondary N) is 1. The summed E-state index contributed by atoms with van der Waals surface area (Å²) in [7, 11) is 4.33. The highest BCUT2D eigenvalue weighted by atomic mass is 15.4. The van der Waals surface area contributed by atoms with Crippen LogP contribution in [0.15, 0.2) is 0 Å². The van der Waals surface area contributed by atoms with Crippen molar-refractivity contribution >= 4 is 0 Å². The molecular weight excluding hydrogens is 312 g/mol. The van der Waals surface area contributed by atoms with Gasteiger partial charge >= 0.3 is 0 Å². The zero-order valence-electron chi connectivity index (χ0n) is 17.2. The zero-order valence-corrected chi connectivity index (χ0v) is 17.2. The average Bonchev–Trinajstić information content (AvgIpc) is 2.64. The first-order chi connectivity index (χ1) is 12.1. The normalized spacial score (nSPS) is 24.5. The molecule has 2 rings (SSSR count). The van der Waals surface area contributed by atoms with Crippen molar-refractivity contribution in [2.75, 3.05) is 99.2 Å². The quantitative estimate of drug-likeness (QED) is 0.600. The second-order valence-corrected chi connectivity index (χ2v) is 7.83. The number of piperazine rings is 2. The van der Waals surface area contributed by atoms with Gasteiger partial charge < -0.3 is 9.80 Å². The van der Waals surface area contributed by atoms with Crippen molar-refractivity contribution in [3.8, 4) is 0 Å². The maximum absolute atomic E-state index is 3.75. The van der Waals surface area contributed by atoms with E-state index in [1.54, 1.807) is 0 Å². The predicted octanol–water partition coefficient (Wildman–Crippen LogP) is 0.129. The van der Waals surface area contributed by atoms with E-state index in [1.165, 1.54) is 85.0 Å². The van der Waals surface area contributed by atoms with E-state index in [0.717, 1.165) is 6.54 Å². The molecule has 2 aliphatic rings. The second-order valence-electron chi connectivity index (χ2n) is 7.83. The van der Waals surface area contributed by atoms with Gasteiger partial charge in [0.05, 0.1) is 6.17 Å². The van der Waals surface area contributed by atoms with Gasteiger partial charge in [0.25, 0.3) is 0 Å². The minimum atomic E-state index is 0.554. The van der Waals surface area contributed by atoms with Gasteiger partial charge in [0, 0.05) is 58.9 Å². The van der Waals surface area contributed by atoms with Gasteiger partial charge in [-0.15, -0.1) is 0 Å². The number of nitrogens with zero attached hydrogens (tertiary/aromatic N) is 5. The molecule has 0 bridgehead atoms. The van der Waals surface area contributed by atoms with Crippen molar-refractivity contribution in [3.05, 3.63) is 0 Å². The maximum atomic E-state index is 3.75. The van der Waals surface area contributed by atoms with Crippen LogP contribution in [0.4, 0.5) is 0 Å². The Morgan fingerprint density at radius 1 is 0.880 bits per heavy atom. The van der Waals surface area contributed by atoms with Crippen LogP contribution in [0, 0.1) is 0 Å². The fourth-order valence-corrected chi connectivity index (χ4v) is 3.94. The Morgan fingerprint density at radius 3 is 2.24 bits per heavy atom. The zero-order chi connectivity index (χ0) is 18.1. The summed E-state index contributed by atoms with van der Waals surface area (Å²) in [6, 6.07) is 0. The topological polar surface area (TPSA) is 28.2 Å². The summed E-state index contributed by atoms with van der Waals surface area (Å²) in [6.45, 7) is 20.1. The van der Waals surface area contributed by atoms with Crippen LogP contribution < -0.4 is 5.32 Å². The molecular formula is C19H42N6. The molecule has 148 valence electrons. The molecule has 0 aromatic carbocycles. The lowest BCUT2D eigenvalue weighted by Gasteiger charge is -2.44. The molecule has 1 unspecified atom stereocenters. The van der Waals surface area contributed by atoms with Crippen LogP contribution in [-0.4, -0.2) is 130 Å². The van der Waals surface area contributed by atoms with E-state index in [2.05, 4.69) is 57.8 Å². The van der Waals surface area contributed by atoms with Crippen molar-refractivity contribution in [1.29, 1.82) is 0 Å². The van der Waals surface area contributed by atoms with E-state index >= 15 is 0 Å². The molecule has 1 N–H and O–H groups in total. The smallest absolute Gasteiger partial charge is 0.0729 e. The Hall–Kier alpha value is -0.240. The van der Waals surface area contributed by atoms with Crippen LogP contribution >= 0.6 is 0 Å². The first-order valence-corrected chi connectivity index (χ1v) is 10.4. The molecule has 0 amide bonds. The molecule has 2 saturated heterocycles. The summed E-state index contributed by atoms with van der Waals surface area (Å²) < 4.78 is 0. The van der Waals surface area contributed by atoms with Gasteiger partial charge in [-0.2, -0.15) is 0 Å². The Bertz CT molecular complexity index is 339. The van der Waals surface area contributed by atoms with E-state index in [9.17, 15) is 0 Å². The third-order valence-electron chi connectivity index (χ3n) is 5.79. The Balaban J connectivity index is 1.65. The van der Waals surface area contributed by atoms with Crippen molar-refractivity contribution in [1.82, 2.24) is 29.8 Å². The molecule has 0 aromatic heterocycles. The number of rotatable bonds is 10. The summed E-state index contributed by atoms with van der Waals surface area (Å²) >= 11 is 0. The van der Waals surface area contributed by atoms with Crippen molar-refractivity contribution in [3.63, 3.8) is 0 Å². The molecule has 0 saturated carbocycles. The second kappa shape index (κ2) is 11.5. The molecule has 0 aliphatic carbocycles. The lowest BCUT2D eigenvalue weighted by atomic mass is 10.2. The molecule has 2 fully saturated rings. The molecule has 0 radical (unpaired) electrons. The molecule has 1 atom stereocenters. The first kappa shape index (κ1) is 21.1. The molecule has 25 heavy (non-hydrogen) atoms. The fourth-order valence-electron chi connectivity index (χ4n) is 3.94. The minimum absolute atomic E-state index is 0.554. The van der Waals surface area contributed by atoms with Gasteiger partial charge in [0.1, 0.15) is 0 Å². The highest BCUT2D eigenvalue weighted by molar-refractivity contribution is 4.83. The van der Waals surface area contributed by atoms with Crippen LogP contribution in [0.3, 0.4) is 0 Å². The largest absolute Gasteiger partial charge is 0.308 e. The van der Waals surface area contributed by atoms with Crippen molar-refractivity contribution in [2.24, 2.45) is 0 Å². The summed E-state index contributed by atoms with van der Waals surface area (Å²) in [6.07, 6.45) is 1.85. The lowest BCUT2D eigenvalue weighted by molar-refractivity contribution is 0.0393. The SMILES string of the molecule is CCN(CC)CCCN1CCNC(N2CCN(CCN(C)C)CC2)C1. The molecule has 6 nitrogen and oxygen atoms in total. The third-order valence-corrected chi connectivity index (χ3v) is 5.79. The van der Waals surface area contributed by atoms with E-state index in [1.807, 2.05) is 0 Å². The van der Waals surface area contributed by atoms with Crippen molar-refractivity contribution < 1.29 is 0 Å². The van der Waals surface area contributed by atoms with E-state index in [-0.39, 0.29) is 0 Å². The molecule has 6 heteroatoms. The maximum Gasteiger partial charge on any atom is 0.0729 e. The van der Waals surface area contributed by atoms with Gasteiger partial charge in [0.2, 0.25) is 0 Å². The van der Waals surface area contributed by atoms with Gasteiger partial charge in [-0.1, -0.05) is 13.8 Å². The summed E-state index contributed by atoms with van der Waals surface area (Å²) in [5.74, 6) is 0. The number of hydrogen-bond donors (Lipinski definition) is 1.